The van der Waals surface area contributed by atoms with Gasteiger partial charge < -0.3 is 19.7 Å². The molecule has 2 aromatic carbocycles. The fourth-order valence-corrected chi connectivity index (χ4v) is 4.76. The Labute approximate surface area is 157 Å². The molecular weight excluding hydrogens is 376 g/mol. The van der Waals surface area contributed by atoms with Gasteiger partial charge >= 0.3 is 0 Å². The summed E-state index contributed by atoms with van der Waals surface area (Å²) in [6.45, 7) is 0.924. The number of hydrogen-bond acceptors (Lipinski definition) is 6. The topological polar surface area (TPSA) is 93.1 Å². The monoisotopic (exact) mass is 398 g/mol. The smallest absolute Gasteiger partial charge is 0.148 e. The fraction of sp³-hybridized carbons (Fsp3) is 0.333. The standard InChI is InChI=1S/C18H22O6S2/c19-11-1-13-23-15-3-7-17(8-4-15)25(21)26(22)18-9-5-16(6-10-18)24-14-2-12-20/h3-10,19-20H,1-2,11-14H2. The number of aliphatic hydroxyl groups excluding tert-OH is 2. The average molecular weight is 399 g/mol. The molecule has 0 heterocycles. The molecule has 2 atom stereocenters. The first-order valence-corrected chi connectivity index (χ1v) is 11.0. The molecule has 2 N–H and O–H groups in total. The Morgan fingerprint density at radius 2 is 1.00 bits per heavy atom. The summed E-state index contributed by atoms with van der Waals surface area (Å²) in [6, 6.07) is 13.1. The molecule has 26 heavy (non-hydrogen) atoms. The van der Waals surface area contributed by atoms with E-state index >= 15 is 0 Å². The molecule has 0 radical (unpaired) electrons. The Morgan fingerprint density at radius 1 is 0.654 bits per heavy atom. The molecule has 0 aliphatic carbocycles. The van der Waals surface area contributed by atoms with Crippen LogP contribution in [-0.2, 0) is 19.7 Å². The third-order valence-electron chi connectivity index (χ3n) is 3.31. The van der Waals surface area contributed by atoms with E-state index in [1.807, 2.05) is 0 Å². The van der Waals surface area contributed by atoms with Crippen LogP contribution in [0.2, 0.25) is 0 Å². The van der Waals surface area contributed by atoms with Crippen molar-refractivity contribution in [3.63, 3.8) is 0 Å². The van der Waals surface area contributed by atoms with Crippen molar-refractivity contribution in [2.24, 2.45) is 0 Å². The van der Waals surface area contributed by atoms with Crippen LogP contribution in [0.1, 0.15) is 12.8 Å². The van der Waals surface area contributed by atoms with Crippen molar-refractivity contribution in [2.45, 2.75) is 22.6 Å². The third-order valence-corrected chi connectivity index (χ3v) is 6.88. The van der Waals surface area contributed by atoms with Gasteiger partial charge in [-0.05, 0) is 48.5 Å². The second-order valence-corrected chi connectivity index (χ2v) is 8.96. The molecule has 2 unspecified atom stereocenters. The van der Waals surface area contributed by atoms with Crippen LogP contribution in [-0.4, -0.2) is 45.1 Å². The van der Waals surface area contributed by atoms with Crippen LogP contribution < -0.4 is 9.47 Å². The maximum Gasteiger partial charge on any atom is 0.148 e. The van der Waals surface area contributed by atoms with Gasteiger partial charge in [-0.2, -0.15) is 0 Å². The molecule has 142 valence electrons. The van der Waals surface area contributed by atoms with E-state index in [0.717, 1.165) is 0 Å². The highest BCUT2D eigenvalue weighted by Crippen LogP contribution is 2.22. The lowest BCUT2D eigenvalue weighted by atomic mass is 10.3. The summed E-state index contributed by atoms with van der Waals surface area (Å²) < 4.78 is 35.8. The minimum absolute atomic E-state index is 0.0619. The molecule has 8 heteroatoms. The summed E-state index contributed by atoms with van der Waals surface area (Å²) in [7, 11) is -3.41. The largest absolute Gasteiger partial charge is 0.494 e. The summed E-state index contributed by atoms with van der Waals surface area (Å²) in [5, 5.41) is 17.5. The van der Waals surface area contributed by atoms with E-state index in [9.17, 15) is 8.42 Å². The van der Waals surface area contributed by atoms with Crippen LogP contribution >= 0.6 is 0 Å². The van der Waals surface area contributed by atoms with Crippen molar-refractivity contribution < 1.29 is 28.1 Å². The summed E-state index contributed by atoms with van der Waals surface area (Å²) in [4.78, 5) is 0.891. The quantitative estimate of drug-likeness (QED) is 0.444. The lowest BCUT2D eigenvalue weighted by Crippen LogP contribution is -2.03. The highest BCUT2D eigenvalue weighted by atomic mass is 33.1. The molecule has 0 bridgehead atoms. The zero-order valence-electron chi connectivity index (χ0n) is 14.2. The maximum absolute atomic E-state index is 12.5. The van der Waals surface area contributed by atoms with Crippen molar-refractivity contribution in [3.8, 4) is 11.5 Å². The van der Waals surface area contributed by atoms with Crippen LogP contribution in [0.3, 0.4) is 0 Å². The van der Waals surface area contributed by atoms with E-state index in [4.69, 9.17) is 19.7 Å². The summed E-state index contributed by atoms with van der Waals surface area (Å²) in [5.41, 5.74) is 0. The molecule has 0 aliphatic rings. The van der Waals surface area contributed by atoms with E-state index in [2.05, 4.69) is 0 Å². The average Bonchev–Trinajstić information content (AvgIpc) is 2.68. The Bertz CT molecular complexity index is 652. The normalized spacial score (nSPS) is 13.2. The molecule has 0 amide bonds. The van der Waals surface area contributed by atoms with E-state index in [-0.39, 0.29) is 13.2 Å². The van der Waals surface area contributed by atoms with Gasteiger partial charge in [-0.3, -0.25) is 0 Å². The second kappa shape index (κ2) is 11.1. The van der Waals surface area contributed by atoms with Gasteiger partial charge in [0.25, 0.3) is 0 Å². The predicted molar refractivity (Wildman–Crippen MR) is 100 cm³/mol. The molecule has 0 saturated carbocycles. The highest BCUT2D eigenvalue weighted by Gasteiger charge is 2.15. The van der Waals surface area contributed by atoms with Crippen LogP contribution in [0.4, 0.5) is 0 Å². The van der Waals surface area contributed by atoms with Crippen LogP contribution in [0, 0.1) is 0 Å². The Kier molecular flexibility index (Phi) is 8.76. The summed E-state index contributed by atoms with van der Waals surface area (Å²) in [5.74, 6) is 1.21. The van der Waals surface area contributed by atoms with Gasteiger partial charge in [0.2, 0.25) is 0 Å². The molecule has 0 aromatic heterocycles. The minimum atomic E-state index is -1.71. The van der Waals surface area contributed by atoms with Crippen molar-refractivity contribution in [1.29, 1.82) is 0 Å². The fourth-order valence-electron chi connectivity index (χ4n) is 1.98. The van der Waals surface area contributed by atoms with E-state index in [0.29, 0.717) is 47.3 Å². The van der Waals surface area contributed by atoms with Crippen LogP contribution in [0.25, 0.3) is 0 Å². The Balaban J connectivity index is 1.96. The SMILES string of the molecule is O=S(c1ccc(OCCCO)cc1)S(=O)c1ccc(OCCCO)cc1. The summed E-state index contributed by atoms with van der Waals surface area (Å²) in [6.07, 6.45) is 1.08. The van der Waals surface area contributed by atoms with Gasteiger partial charge in [-0.25, -0.2) is 8.42 Å². The maximum atomic E-state index is 12.5. The molecule has 0 spiro atoms. The van der Waals surface area contributed by atoms with Crippen LogP contribution in [0.15, 0.2) is 58.3 Å². The van der Waals surface area contributed by atoms with Crippen molar-refractivity contribution in [2.75, 3.05) is 26.4 Å². The molecule has 2 rings (SSSR count). The highest BCUT2D eigenvalue weighted by molar-refractivity contribution is 8.61. The van der Waals surface area contributed by atoms with E-state index in [1.165, 1.54) is 0 Å². The molecule has 0 saturated heterocycles. The molecule has 2 aromatic rings. The lowest BCUT2D eigenvalue weighted by Gasteiger charge is -2.08. The third kappa shape index (κ3) is 6.21. The zero-order valence-corrected chi connectivity index (χ0v) is 15.8. The molecule has 6 nitrogen and oxygen atoms in total. The van der Waals surface area contributed by atoms with Crippen LogP contribution in [0.5, 0.6) is 11.5 Å². The number of hydrogen-bond donors (Lipinski definition) is 2. The lowest BCUT2D eigenvalue weighted by molar-refractivity contribution is 0.233. The summed E-state index contributed by atoms with van der Waals surface area (Å²) >= 11 is 0. The predicted octanol–water partition coefficient (Wildman–Crippen LogP) is 2.04. The van der Waals surface area contributed by atoms with Crippen molar-refractivity contribution in [3.05, 3.63) is 48.5 Å². The van der Waals surface area contributed by atoms with Gasteiger partial charge in [0, 0.05) is 26.1 Å². The number of rotatable bonds is 11. The first-order chi connectivity index (χ1) is 12.7. The van der Waals surface area contributed by atoms with Crippen molar-refractivity contribution in [1.82, 2.24) is 0 Å². The van der Waals surface area contributed by atoms with Gasteiger partial charge in [0.1, 0.15) is 31.2 Å². The molecular formula is C18H22O6S2. The number of aliphatic hydroxyl groups is 2. The van der Waals surface area contributed by atoms with Crippen molar-refractivity contribution >= 4 is 19.7 Å². The number of benzene rings is 2. The molecule has 0 fully saturated rings. The van der Waals surface area contributed by atoms with Gasteiger partial charge in [-0.1, -0.05) is 0 Å². The second-order valence-electron chi connectivity index (χ2n) is 5.26. The zero-order chi connectivity index (χ0) is 18.8. The van der Waals surface area contributed by atoms with Gasteiger partial charge in [0.05, 0.1) is 23.0 Å². The Morgan fingerprint density at radius 3 is 1.31 bits per heavy atom. The van der Waals surface area contributed by atoms with E-state index in [1.54, 1.807) is 48.5 Å². The first kappa shape index (κ1) is 20.6. The first-order valence-electron chi connectivity index (χ1n) is 8.17. The van der Waals surface area contributed by atoms with Gasteiger partial charge in [0.15, 0.2) is 0 Å². The van der Waals surface area contributed by atoms with E-state index < -0.39 is 19.7 Å². The van der Waals surface area contributed by atoms with Gasteiger partial charge in [-0.15, -0.1) is 0 Å². The molecule has 0 aliphatic heterocycles. The Hall–Kier alpha value is -1.74. The minimum Gasteiger partial charge on any atom is -0.494 e. The number of ether oxygens (including phenoxy) is 2.